The lowest BCUT2D eigenvalue weighted by Crippen LogP contribution is -2.05. The molecule has 0 aromatic heterocycles. The second kappa shape index (κ2) is 3.69. The topological polar surface area (TPSA) is 75.6 Å². The van der Waals surface area contributed by atoms with Crippen molar-refractivity contribution in [3.63, 3.8) is 0 Å². The first kappa shape index (κ1) is 10.2. The summed E-state index contributed by atoms with van der Waals surface area (Å²) in [4.78, 5) is 22.1. The lowest BCUT2D eigenvalue weighted by atomic mass is 10.1. The number of carbonyl (C=O) groups is 2. The Balaban J connectivity index is 2.54. The van der Waals surface area contributed by atoms with Crippen molar-refractivity contribution in [1.82, 2.24) is 0 Å². The quantitative estimate of drug-likeness (QED) is 0.731. The SMILES string of the molecule is COc1ccc2c(c1)C(=CC(=O)O)C(=O)N2. The van der Waals surface area contributed by atoms with E-state index in [9.17, 15) is 9.59 Å². The van der Waals surface area contributed by atoms with Gasteiger partial charge in [-0.25, -0.2) is 4.79 Å². The average molecular weight is 219 g/mol. The Hall–Kier alpha value is -2.30. The van der Waals surface area contributed by atoms with Crippen LogP contribution in [0.1, 0.15) is 5.56 Å². The maximum absolute atomic E-state index is 11.5. The molecule has 1 amide bonds. The van der Waals surface area contributed by atoms with Crippen molar-refractivity contribution in [2.24, 2.45) is 0 Å². The van der Waals surface area contributed by atoms with Gasteiger partial charge in [-0.1, -0.05) is 0 Å². The number of methoxy groups -OCH3 is 1. The fourth-order valence-corrected chi connectivity index (χ4v) is 1.56. The van der Waals surface area contributed by atoms with Crippen molar-refractivity contribution >= 4 is 23.1 Å². The molecule has 2 rings (SSSR count). The van der Waals surface area contributed by atoms with Crippen LogP contribution >= 0.6 is 0 Å². The number of ether oxygens (including phenoxy) is 1. The molecule has 5 heteroatoms. The van der Waals surface area contributed by atoms with E-state index in [0.29, 0.717) is 17.0 Å². The zero-order valence-electron chi connectivity index (χ0n) is 8.48. The van der Waals surface area contributed by atoms with Crippen molar-refractivity contribution in [3.8, 4) is 5.75 Å². The molecule has 1 aromatic rings. The number of benzene rings is 1. The molecule has 0 radical (unpaired) electrons. The molecule has 0 bridgehead atoms. The highest BCUT2D eigenvalue weighted by molar-refractivity contribution is 6.33. The van der Waals surface area contributed by atoms with Crippen LogP contribution in [0.5, 0.6) is 5.75 Å². The normalized spacial score (nSPS) is 15.8. The second-order valence-electron chi connectivity index (χ2n) is 3.26. The zero-order valence-corrected chi connectivity index (χ0v) is 8.48. The summed E-state index contributed by atoms with van der Waals surface area (Å²) in [5, 5.41) is 11.2. The second-order valence-corrected chi connectivity index (χ2v) is 3.26. The highest BCUT2D eigenvalue weighted by Gasteiger charge is 2.25. The van der Waals surface area contributed by atoms with Crippen LogP contribution in [-0.4, -0.2) is 24.1 Å². The van der Waals surface area contributed by atoms with Gasteiger partial charge in [0.15, 0.2) is 0 Å². The first-order valence-electron chi connectivity index (χ1n) is 4.56. The van der Waals surface area contributed by atoms with Crippen LogP contribution in [-0.2, 0) is 9.59 Å². The molecule has 1 aromatic carbocycles. The Morgan fingerprint density at radius 2 is 2.25 bits per heavy atom. The molecule has 82 valence electrons. The van der Waals surface area contributed by atoms with Crippen LogP contribution in [0.3, 0.4) is 0 Å². The maximum atomic E-state index is 11.5. The molecule has 0 unspecified atom stereocenters. The fourth-order valence-electron chi connectivity index (χ4n) is 1.56. The largest absolute Gasteiger partial charge is 0.497 e. The van der Waals surface area contributed by atoms with Gasteiger partial charge >= 0.3 is 5.97 Å². The number of hydrogen-bond acceptors (Lipinski definition) is 3. The van der Waals surface area contributed by atoms with Crippen LogP contribution in [0, 0.1) is 0 Å². The molecule has 5 nitrogen and oxygen atoms in total. The highest BCUT2D eigenvalue weighted by atomic mass is 16.5. The Morgan fingerprint density at radius 1 is 1.50 bits per heavy atom. The summed E-state index contributed by atoms with van der Waals surface area (Å²) < 4.78 is 5.01. The third-order valence-electron chi connectivity index (χ3n) is 2.28. The summed E-state index contributed by atoms with van der Waals surface area (Å²) in [5.74, 6) is -0.988. The average Bonchev–Trinajstić information content (AvgIpc) is 2.54. The van der Waals surface area contributed by atoms with Gasteiger partial charge in [-0.3, -0.25) is 4.79 Å². The van der Waals surface area contributed by atoms with Crippen molar-refractivity contribution in [2.45, 2.75) is 0 Å². The van der Waals surface area contributed by atoms with Crippen molar-refractivity contribution < 1.29 is 19.4 Å². The zero-order chi connectivity index (χ0) is 11.7. The van der Waals surface area contributed by atoms with E-state index in [1.165, 1.54) is 7.11 Å². The molecule has 0 atom stereocenters. The molecule has 0 saturated heterocycles. The van der Waals surface area contributed by atoms with Crippen molar-refractivity contribution in [1.29, 1.82) is 0 Å². The summed E-state index contributed by atoms with van der Waals surface area (Å²) in [6.45, 7) is 0. The predicted octanol–water partition coefficient (Wildman–Crippen LogP) is 1.12. The fraction of sp³-hybridized carbons (Fsp3) is 0.0909. The third-order valence-corrected chi connectivity index (χ3v) is 2.28. The van der Waals surface area contributed by atoms with Crippen molar-refractivity contribution in [2.75, 3.05) is 12.4 Å². The van der Waals surface area contributed by atoms with Gasteiger partial charge < -0.3 is 15.2 Å². The number of amides is 1. The van der Waals surface area contributed by atoms with E-state index in [1.807, 2.05) is 0 Å². The number of rotatable bonds is 2. The molecular formula is C11H9NO4. The lowest BCUT2D eigenvalue weighted by molar-refractivity contribution is -0.131. The molecule has 1 aliphatic rings. The molecule has 2 N–H and O–H groups in total. The predicted molar refractivity (Wildman–Crippen MR) is 57.2 cm³/mol. The maximum Gasteiger partial charge on any atom is 0.329 e. The number of carboxylic acids is 1. The van der Waals surface area contributed by atoms with Gasteiger partial charge in [-0.2, -0.15) is 0 Å². The van der Waals surface area contributed by atoms with Gasteiger partial charge in [-0.05, 0) is 18.2 Å². The minimum Gasteiger partial charge on any atom is -0.497 e. The molecular weight excluding hydrogens is 210 g/mol. The summed E-state index contributed by atoms with van der Waals surface area (Å²) in [7, 11) is 1.51. The first-order chi connectivity index (χ1) is 7.61. The molecule has 0 spiro atoms. The van der Waals surface area contributed by atoms with Gasteiger partial charge in [0.25, 0.3) is 5.91 Å². The number of hydrogen-bond donors (Lipinski definition) is 2. The van der Waals surface area contributed by atoms with Gasteiger partial charge in [0.05, 0.1) is 12.7 Å². The monoisotopic (exact) mass is 219 g/mol. The van der Waals surface area contributed by atoms with Gasteiger partial charge in [-0.15, -0.1) is 0 Å². The molecule has 1 aliphatic heterocycles. The standard InChI is InChI=1S/C11H9NO4/c1-16-6-2-3-9-7(4-6)8(5-10(13)14)11(15)12-9/h2-5H,1H3,(H,12,15)(H,13,14). The lowest BCUT2D eigenvalue weighted by Gasteiger charge is -2.02. The highest BCUT2D eigenvalue weighted by Crippen LogP contribution is 2.34. The van der Waals surface area contributed by atoms with E-state index in [0.717, 1.165) is 6.08 Å². The molecule has 0 saturated carbocycles. The van der Waals surface area contributed by atoms with Crippen LogP contribution in [0.25, 0.3) is 5.57 Å². The van der Waals surface area contributed by atoms with Crippen molar-refractivity contribution in [3.05, 3.63) is 29.8 Å². The smallest absolute Gasteiger partial charge is 0.329 e. The molecule has 0 aliphatic carbocycles. The molecule has 0 fully saturated rings. The number of nitrogens with one attached hydrogen (secondary N) is 1. The van der Waals surface area contributed by atoms with E-state index in [4.69, 9.17) is 9.84 Å². The Morgan fingerprint density at radius 3 is 2.88 bits per heavy atom. The molecule has 1 heterocycles. The summed E-state index contributed by atoms with van der Waals surface area (Å²) in [6.07, 6.45) is 0.889. The van der Waals surface area contributed by atoms with Gasteiger partial charge in [0, 0.05) is 17.3 Å². The Bertz CT molecular complexity index is 505. The summed E-state index contributed by atoms with van der Waals surface area (Å²) >= 11 is 0. The number of carboxylic acid groups (broad SMARTS) is 1. The van der Waals surface area contributed by atoms with Gasteiger partial charge in [0.1, 0.15) is 5.75 Å². The first-order valence-corrected chi connectivity index (χ1v) is 4.56. The number of fused-ring (bicyclic) bond motifs is 1. The van der Waals surface area contributed by atoms with Crippen LogP contribution in [0.4, 0.5) is 5.69 Å². The van der Waals surface area contributed by atoms with Crippen LogP contribution < -0.4 is 10.1 Å². The number of aliphatic carboxylic acids is 1. The van der Waals surface area contributed by atoms with E-state index in [-0.39, 0.29) is 5.57 Å². The molecule has 16 heavy (non-hydrogen) atoms. The van der Waals surface area contributed by atoms with Crippen LogP contribution in [0.2, 0.25) is 0 Å². The van der Waals surface area contributed by atoms with Crippen LogP contribution in [0.15, 0.2) is 24.3 Å². The minimum absolute atomic E-state index is 0.140. The third kappa shape index (κ3) is 1.63. The minimum atomic E-state index is -1.15. The summed E-state index contributed by atoms with van der Waals surface area (Å²) in [5.41, 5.74) is 1.28. The van der Waals surface area contributed by atoms with E-state index in [2.05, 4.69) is 5.32 Å². The van der Waals surface area contributed by atoms with E-state index in [1.54, 1.807) is 18.2 Å². The number of carbonyl (C=O) groups excluding carboxylic acids is 1. The Labute approximate surface area is 91.3 Å². The summed E-state index contributed by atoms with van der Waals surface area (Å²) in [6, 6.07) is 5.00. The van der Waals surface area contributed by atoms with E-state index < -0.39 is 11.9 Å². The van der Waals surface area contributed by atoms with E-state index >= 15 is 0 Å². The number of anilines is 1. The Kier molecular flexibility index (Phi) is 2.36. The van der Waals surface area contributed by atoms with Gasteiger partial charge in [0.2, 0.25) is 0 Å².